The third kappa shape index (κ3) is 6.03. The molecule has 4 rings (SSSR count). The van der Waals surface area contributed by atoms with Gasteiger partial charge in [-0.2, -0.15) is 0 Å². The zero-order valence-electron chi connectivity index (χ0n) is 20.7. The third-order valence-electron chi connectivity index (χ3n) is 6.09. The number of nitrogens with one attached hydrogen (secondary N) is 1. The minimum absolute atomic E-state index is 0.0144. The SMILES string of the molecule is CCOC(=O)c1ccc(N2CCN(C(=O)c3ccccc3)CC2)c(NC(=O)c2cc(Cl)ccc2OC)c1. The van der Waals surface area contributed by atoms with Crippen molar-refractivity contribution in [1.29, 1.82) is 0 Å². The fourth-order valence-electron chi connectivity index (χ4n) is 4.21. The molecule has 0 unspecified atom stereocenters. The molecule has 1 N–H and O–H groups in total. The van der Waals surface area contributed by atoms with E-state index in [0.717, 1.165) is 5.69 Å². The smallest absolute Gasteiger partial charge is 0.338 e. The van der Waals surface area contributed by atoms with Crippen LogP contribution < -0.4 is 15.0 Å². The van der Waals surface area contributed by atoms with Crippen LogP contribution in [0.5, 0.6) is 5.75 Å². The van der Waals surface area contributed by atoms with Gasteiger partial charge < -0.3 is 24.6 Å². The van der Waals surface area contributed by atoms with Gasteiger partial charge in [0.2, 0.25) is 0 Å². The molecule has 9 heteroatoms. The average Bonchev–Trinajstić information content (AvgIpc) is 2.93. The molecule has 0 saturated carbocycles. The summed E-state index contributed by atoms with van der Waals surface area (Å²) in [6.07, 6.45) is 0. The van der Waals surface area contributed by atoms with Crippen LogP contribution in [0.3, 0.4) is 0 Å². The van der Waals surface area contributed by atoms with Crippen molar-refractivity contribution >= 4 is 40.8 Å². The van der Waals surface area contributed by atoms with E-state index < -0.39 is 11.9 Å². The molecule has 1 aliphatic rings. The molecule has 0 spiro atoms. The Morgan fingerprint density at radius 3 is 2.32 bits per heavy atom. The van der Waals surface area contributed by atoms with Crippen LogP contribution in [0.1, 0.15) is 38.0 Å². The van der Waals surface area contributed by atoms with Gasteiger partial charge in [0.25, 0.3) is 11.8 Å². The number of esters is 1. The van der Waals surface area contributed by atoms with Crippen LogP contribution in [0.4, 0.5) is 11.4 Å². The Kier molecular flexibility index (Phi) is 8.30. The number of anilines is 2. The molecule has 0 atom stereocenters. The molecule has 3 aromatic carbocycles. The van der Waals surface area contributed by atoms with Crippen molar-refractivity contribution in [2.75, 3.05) is 50.1 Å². The van der Waals surface area contributed by atoms with E-state index in [4.69, 9.17) is 21.1 Å². The Balaban J connectivity index is 1.58. The lowest BCUT2D eigenvalue weighted by Gasteiger charge is -2.37. The van der Waals surface area contributed by atoms with E-state index in [-0.39, 0.29) is 18.1 Å². The topological polar surface area (TPSA) is 88.2 Å². The normalized spacial score (nSPS) is 13.2. The van der Waals surface area contributed by atoms with Crippen LogP contribution in [-0.2, 0) is 4.74 Å². The molecular weight excluding hydrogens is 494 g/mol. The van der Waals surface area contributed by atoms with Crippen molar-refractivity contribution in [2.24, 2.45) is 0 Å². The van der Waals surface area contributed by atoms with Gasteiger partial charge in [0.1, 0.15) is 5.75 Å². The highest BCUT2D eigenvalue weighted by Gasteiger charge is 2.25. The zero-order chi connectivity index (χ0) is 26.4. The molecule has 0 aliphatic carbocycles. The summed E-state index contributed by atoms with van der Waals surface area (Å²) < 4.78 is 10.5. The van der Waals surface area contributed by atoms with E-state index in [1.54, 1.807) is 49.4 Å². The van der Waals surface area contributed by atoms with Crippen molar-refractivity contribution in [3.05, 3.63) is 88.4 Å². The van der Waals surface area contributed by atoms with Gasteiger partial charge >= 0.3 is 5.97 Å². The molecule has 0 radical (unpaired) electrons. The summed E-state index contributed by atoms with van der Waals surface area (Å²) in [5.41, 5.74) is 2.41. The number of carbonyl (C=O) groups excluding carboxylic acids is 3. The first-order valence-electron chi connectivity index (χ1n) is 12.0. The van der Waals surface area contributed by atoms with Gasteiger partial charge in [0, 0.05) is 36.8 Å². The lowest BCUT2D eigenvalue weighted by Crippen LogP contribution is -2.49. The average molecular weight is 522 g/mol. The van der Waals surface area contributed by atoms with Gasteiger partial charge in [-0.1, -0.05) is 29.8 Å². The second kappa shape index (κ2) is 11.8. The number of rotatable bonds is 7. The van der Waals surface area contributed by atoms with E-state index in [1.807, 2.05) is 23.1 Å². The number of amides is 2. The summed E-state index contributed by atoms with van der Waals surface area (Å²) >= 11 is 6.12. The van der Waals surface area contributed by atoms with Gasteiger partial charge in [0.05, 0.1) is 36.2 Å². The van der Waals surface area contributed by atoms with Crippen LogP contribution in [0.25, 0.3) is 0 Å². The van der Waals surface area contributed by atoms with Crippen molar-refractivity contribution in [1.82, 2.24) is 4.90 Å². The minimum Gasteiger partial charge on any atom is -0.496 e. The Labute approximate surface area is 220 Å². The molecule has 1 fully saturated rings. The largest absolute Gasteiger partial charge is 0.496 e. The summed E-state index contributed by atoms with van der Waals surface area (Å²) in [7, 11) is 1.48. The third-order valence-corrected chi connectivity index (χ3v) is 6.33. The Hall–Kier alpha value is -4.04. The molecule has 192 valence electrons. The van der Waals surface area contributed by atoms with E-state index in [1.165, 1.54) is 13.2 Å². The number of benzene rings is 3. The van der Waals surface area contributed by atoms with Crippen LogP contribution in [0, 0.1) is 0 Å². The molecule has 3 aromatic rings. The highest BCUT2D eigenvalue weighted by atomic mass is 35.5. The molecule has 8 nitrogen and oxygen atoms in total. The zero-order valence-corrected chi connectivity index (χ0v) is 21.5. The molecule has 1 heterocycles. The van der Waals surface area contributed by atoms with E-state index in [9.17, 15) is 14.4 Å². The van der Waals surface area contributed by atoms with Crippen molar-refractivity contribution in [3.63, 3.8) is 0 Å². The Morgan fingerprint density at radius 1 is 0.919 bits per heavy atom. The molecule has 1 saturated heterocycles. The first kappa shape index (κ1) is 26.0. The quantitative estimate of drug-likeness (QED) is 0.452. The maximum Gasteiger partial charge on any atom is 0.338 e. The van der Waals surface area contributed by atoms with Gasteiger partial charge in [0.15, 0.2) is 0 Å². The number of ether oxygens (including phenoxy) is 2. The summed E-state index contributed by atoms with van der Waals surface area (Å²) in [6.45, 7) is 4.11. The highest BCUT2D eigenvalue weighted by Crippen LogP contribution is 2.31. The second-order valence-corrected chi connectivity index (χ2v) is 8.83. The highest BCUT2D eigenvalue weighted by molar-refractivity contribution is 6.31. The maximum atomic E-state index is 13.2. The van der Waals surface area contributed by atoms with Crippen molar-refractivity contribution < 1.29 is 23.9 Å². The first-order chi connectivity index (χ1) is 17.9. The Morgan fingerprint density at radius 2 is 1.65 bits per heavy atom. The predicted octanol–water partition coefficient (Wildman–Crippen LogP) is 4.74. The van der Waals surface area contributed by atoms with Crippen LogP contribution >= 0.6 is 11.6 Å². The molecule has 1 aliphatic heterocycles. The standard InChI is InChI=1S/C28H28ClN3O5/c1-3-37-28(35)20-9-11-24(23(17-20)30-26(33)22-18-21(29)10-12-25(22)36-2)31-13-15-32(16-14-31)27(34)19-7-5-4-6-8-19/h4-12,17-18H,3,13-16H2,1-2H3,(H,30,33). The number of piperazine rings is 1. The molecule has 2 amide bonds. The van der Waals surface area contributed by atoms with Gasteiger partial charge in [-0.3, -0.25) is 9.59 Å². The monoisotopic (exact) mass is 521 g/mol. The fourth-order valence-corrected chi connectivity index (χ4v) is 4.39. The second-order valence-electron chi connectivity index (χ2n) is 8.40. The van der Waals surface area contributed by atoms with Crippen molar-refractivity contribution in [2.45, 2.75) is 6.92 Å². The van der Waals surface area contributed by atoms with Crippen LogP contribution in [0.15, 0.2) is 66.7 Å². The molecular formula is C28H28ClN3O5. The number of nitrogens with zero attached hydrogens (tertiary/aromatic N) is 2. The lowest BCUT2D eigenvalue weighted by atomic mass is 10.1. The van der Waals surface area contributed by atoms with Gasteiger partial charge in [-0.25, -0.2) is 4.79 Å². The maximum absolute atomic E-state index is 13.2. The number of halogens is 1. The van der Waals surface area contributed by atoms with Crippen LogP contribution in [0.2, 0.25) is 5.02 Å². The van der Waals surface area contributed by atoms with E-state index in [0.29, 0.717) is 53.8 Å². The number of hydrogen-bond acceptors (Lipinski definition) is 6. The van der Waals surface area contributed by atoms with Gasteiger partial charge in [-0.15, -0.1) is 0 Å². The summed E-state index contributed by atoms with van der Waals surface area (Å²) in [6, 6.07) is 19.0. The Bertz CT molecular complexity index is 1290. The summed E-state index contributed by atoms with van der Waals surface area (Å²) in [5, 5.41) is 3.31. The van der Waals surface area contributed by atoms with Gasteiger partial charge in [-0.05, 0) is 55.5 Å². The summed E-state index contributed by atoms with van der Waals surface area (Å²) in [5.74, 6) is -0.555. The van der Waals surface area contributed by atoms with Crippen LogP contribution in [-0.4, -0.2) is 62.6 Å². The molecule has 0 bridgehead atoms. The van der Waals surface area contributed by atoms with E-state index >= 15 is 0 Å². The summed E-state index contributed by atoms with van der Waals surface area (Å²) in [4.78, 5) is 42.4. The number of carbonyl (C=O) groups is 3. The lowest BCUT2D eigenvalue weighted by molar-refractivity contribution is 0.0526. The molecule has 37 heavy (non-hydrogen) atoms. The minimum atomic E-state index is -0.483. The predicted molar refractivity (Wildman–Crippen MR) is 143 cm³/mol. The van der Waals surface area contributed by atoms with Crippen molar-refractivity contribution in [3.8, 4) is 5.75 Å². The first-order valence-corrected chi connectivity index (χ1v) is 12.3. The fraction of sp³-hybridized carbons (Fsp3) is 0.250. The number of methoxy groups -OCH3 is 1. The van der Waals surface area contributed by atoms with E-state index in [2.05, 4.69) is 10.2 Å². The molecule has 0 aromatic heterocycles. The number of hydrogen-bond donors (Lipinski definition) is 1.